The summed E-state index contributed by atoms with van der Waals surface area (Å²) in [5, 5.41) is 13.0. The van der Waals surface area contributed by atoms with Gasteiger partial charge in [-0.15, -0.1) is 10.2 Å². The molecule has 6 nitrogen and oxygen atoms in total. The maximum absolute atomic E-state index is 5.56. The van der Waals surface area contributed by atoms with Crippen LogP contribution in [0.3, 0.4) is 0 Å². The van der Waals surface area contributed by atoms with E-state index in [1.807, 2.05) is 18.2 Å². The van der Waals surface area contributed by atoms with Crippen LogP contribution in [0.25, 0.3) is 15.5 Å². The fourth-order valence-electron chi connectivity index (χ4n) is 1.85. The molecule has 3 heterocycles. The van der Waals surface area contributed by atoms with Gasteiger partial charge in [-0.2, -0.15) is 9.61 Å². The van der Waals surface area contributed by atoms with Crippen molar-refractivity contribution in [1.29, 1.82) is 0 Å². The highest BCUT2D eigenvalue weighted by Crippen LogP contribution is 2.35. The van der Waals surface area contributed by atoms with Gasteiger partial charge in [0.25, 0.3) is 0 Å². The summed E-state index contributed by atoms with van der Waals surface area (Å²) in [5.41, 5.74) is 0.995. The van der Waals surface area contributed by atoms with Crippen LogP contribution in [0.1, 0.15) is 0 Å². The molecule has 0 fully saturated rings. The second-order valence-electron chi connectivity index (χ2n) is 3.82. The van der Waals surface area contributed by atoms with Gasteiger partial charge in [-0.3, -0.25) is 0 Å². The number of nitrogens with zero attached hydrogens (tertiary/aromatic N) is 4. The number of fused-ring (bicyclic) bond motifs is 2. The van der Waals surface area contributed by atoms with Crippen molar-refractivity contribution in [2.45, 2.75) is 0 Å². The molecule has 0 N–H and O–H groups in total. The third-order valence-electron chi connectivity index (χ3n) is 2.68. The molecule has 0 saturated carbocycles. The predicted molar refractivity (Wildman–Crippen MR) is 65.1 cm³/mol. The standard InChI is InChI=1S/C11H8N4O2S/c1-2-8-9(17-4-3-16-8)5-7(1)10-14-15-6-12-13-11(15)18-10/h1-2,5-6H,3-4H2. The predicted octanol–water partition coefficient (Wildman–Crippen LogP) is 1.62. The number of hydrogen-bond donors (Lipinski definition) is 0. The third-order valence-corrected chi connectivity index (χ3v) is 3.64. The van der Waals surface area contributed by atoms with Gasteiger partial charge in [-0.05, 0) is 18.2 Å². The molecule has 1 aliphatic rings. The topological polar surface area (TPSA) is 61.5 Å². The van der Waals surface area contributed by atoms with E-state index in [-0.39, 0.29) is 0 Å². The van der Waals surface area contributed by atoms with Crippen LogP contribution in [0.15, 0.2) is 24.5 Å². The fraction of sp³-hybridized carbons (Fsp3) is 0.182. The molecule has 0 saturated heterocycles. The van der Waals surface area contributed by atoms with E-state index in [1.165, 1.54) is 11.3 Å². The second kappa shape index (κ2) is 3.67. The number of hydrogen-bond acceptors (Lipinski definition) is 6. The van der Waals surface area contributed by atoms with Crippen molar-refractivity contribution >= 4 is 16.3 Å². The van der Waals surface area contributed by atoms with Gasteiger partial charge in [0.2, 0.25) is 4.96 Å². The SMILES string of the molecule is c1cc2c(cc1-c1nn3cnnc3s1)OCCO2. The first-order valence-corrected chi connectivity index (χ1v) is 6.29. The van der Waals surface area contributed by atoms with Crippen molar-refractivity contribution in [3.8, 4) is 22.1 Å². The van der Waals surface area contributed by atoms with Gasteiger partial charge >= 0.3 is 0 Å². The minimum absolute atomic E-state index is 0.585. The van der Waals surface area contributed by atoms with Gasteiger partial charge in [0.15, 0.2) is 11.5 Å². The number of ether oxygens (including phenoxy) is 2. The van der Waals surface area contributed by atoms with Crippen molar-refractivity contribution < 1.29 is 9.47 Å². The zero-order valence-electron chi connectivity index (χ0n) is 9.24. The van der Waals surface area contributed by atoms with Gasteiger partial charge in [0.05, 0.1) is 0 Å². The quantitative estimate of drug-likeness (QED) is 0.665. The minimum Gasteiger partial charge on any atom is -0.486 e. The molecule has 1 aromatic carbocycles. The number of benzene rings is 1. The van der Waals surface area contributed by atoms with Crippen molar-refractivity contribution in [2.24, 2.45) is 0 Å². The van der Waals surface area contributed by atoms with Crippen molar-refractivity contribution in [1.82, 2.24) is 19.8 Å². The lowest BCUT2D eigenvalue weighted by atomic mass is 10.2. The Bertz CT molecular complexity index is 692. The zero-order valence-corrected chi connectivity index (χ0v) is 10.1. The van der Waals surface area contributed by atoms with E-state index in [1.54, 1.807) is 10.8 Å². The molecule has 0 unspecified atom stereocenters. The van der Waals surface area contributed by atoms with E-state index in [4.69, 9.17) is 9.47 Å². The largest absolute Gasteiger partial charge is 0.486 e. The van der Waals surface area contributed by atoms with Crippen molar-refractivity contribution in [3.63, 3.8) is 0 Å². The molecule has 0 bridgehead atoms. The first-order valence-electron chi connectivity index (χ1n) is 5.47. The van der Waals surface area contributed by atoms with E-state index < -0.39 is 0 Å². The van der Waals surface area contributed by atoms with Crippen molar-refractivity contribution in [3.05, 3.63) is 24.5 Å². The van der Waals surface area contributed by atoms with E-state index in [0.717, 1.165) is 27.0 Å². The van der Waals surface area contributed by atoms with Crippen LogP contribution in [0.2, 0.25) is 0 Å². The van der Waals surface area contributed by atoms with E-state index in [2.05, 4.69) is 15.3 Å². The molecular weight excluding hydrogens is 252 g/mol. The van der Waals surface area contributed by atoms with E-state index in [9.17, 15) is 0 Å². The van der Waals surface area contributed by atoms with Crippen molar-refractivity contribution in [2.75, 3.05) is 13.2 Å². The van der Waals surface area contributed by atoms with Gasteiger partial charge in [-0.1, -0.05) is 11.3 Å². The summed E-state index contributed by atoms with van der Waals surface area (Å²) >= 11 is 1.49. The Morgan fingerprint density at radius 2 is 2.06 bits per heavy atom. The Morgan fingerprint density at radius 1 is 1.17 bits per heavy atom. The monoisotopic (exact) mass is 260 g/mol. The first kappa shape index (κ1) is 9.84. The molecule has 18 heavy (non-hydrogen) atoms. The first-order chi connectivity index (χ1) is 8.90. The van der Waals surface area contributed by atoms with Crippen LogP contribution in [-0.4, -0.2) is 33.0 Å². The molecule has 0 amide bonds. The summed E-state index contributed by atoms with van der Waals surface area (Å²) < 4.78 is 12.7. The molecular formula is C11H8N4O2S. The molecule has 1 aliphatic heterocycles. The van der Waals surface area contributed by atoms with Crippen LogP contribution in [0.5, 0.6) is 11.5 Å². The Morgan fingerprint density at radius 3 is 2.94 bits per heavy atom. The van der Waals surface area contributed by atoms with Crippen LogP contribution in [-0.2, 0) is 0 Å². The summed E-state index contributed by atoms with van der Waals surface area (Å²) in [6.45, 7) is 1.19. The second-order valence-corrected chi connectivity index (χ2v) is 4.78. The lowest BCUT2D eigenvalue weighted by Gasteiger charge is -2.18. The summed E-state index contributed by atoms with van der Waals surface area (Å²) in [5.74, 6) is 1.55. The molecule has 90 valence electrons. The molecule has 3 aromatic rings. The smallest absolute Gasteiger partial charge is 0.234 e. The minimum atomic E-state index is 0.585. The summed E-state index contributed by atoms with van der Waals surface area (Å²) in [6, 6.07) is 5.83. The summed E-state index contributed by atoms with van der Waals surface area (Å²) in [4.78, 5) is 0.778. The molecule has 2 aromatic heterocycles. The molecule has 0 radical (unpaired) electrons. The highest BCUT2D eigenvalue weighted by Gasteiger charge is 2.14. The maximum atomic E-state index is 5.56. The summed E-state index contributed by atoms with van der Waals surface area (Å²) in [6.07, 6.45) is 1.59. The Hall–Kier alpha value is -2.15. The van der Waals surface area contributed by atoms with Crippen LogP contribution in [0.4, 0.5) is 0 Å². The van der Waals surface area contributed by atoms with Crippen LogP contribution >= 0.6 is 11.3 Å². The highest BCUT2D eigenvalue weighted by molar-refractivity contribution is 7.19. The van der Waals surface area contributed by atoms with Gasteiger partial charge in [-0.25, -0.2) is 0 Å². The van der Waals surface area contributed by atoms with E-state index in [0.29, 0.717) is 13.2 Å². The molecule has 0 aliphatic carbocycles. The molecule has 7 heteroatoms. The third kappa shape index (κ3) is 1.44. The Labute approximate surface area is 106 Å². The van der Waals surface area contributed by atoms with Gasteiger partial charge in [0.1, 0.15) is 24.5 Å². The average molecular weight is 260 g/mol. The van der Waals surface area contributed by atoms with Crippen LogP contribution < -0.4 is 9.47 Å². The number of rotatable bonds is 1. The molecule has 0 spiro atoms. The number of aromatic nitrogens is 4. The fourth-order valence-corrected chi connectivity index (χ4v) is 2.67. The Balaban J connectivity index is 1.82. The Kier molecular flexibility index (Phi) is 2.01. The highest BCUT2D eigenvalue weighted by atomic mass is 32.1. The van der Waals surface area contributed by atoms with Crippen LogP contribution in [0, 0.1) is 0 Å². The average Bonchev–Trinajstić information content (AvgIpc) is 2.99. The van der Waals surface area contributed by atoms with Gasteiger partial charge < -0.3 is 9.47 Å². The maximum Gasteiger partial charge on any atom is 0.234 e. The molecule has 4 rings (SSSR count). The summed E-state index contributed by atoms with van der Waals surface area (Å²) in [7, 11) is 0. The normalized spacial score (nSPS) is 14.0. The van der Waals surface area contributed by atoms with E-state index >= 15 is 0 Å². The zero-order chi connectivity index (χ0) is 11.9. The lowest BCUT2D eigenvalue weighted by Crippen LogP contribution is -2.15. The lowest BCUT2D eigenvalue weighted by molar-refractivity contribution is 0.171. The van der Waals surface area contributed by atoms with Gasteiger partial charge in [0, 0.05) is 5.56 Å². The molecule has 0 atom stereocenters.